The first-order valence-corrected chi connectivity index (χ1v) is 10.4. The van der Waals surface area contributed by atoms with E-state index in [1.807, 2.05) is 0 Å². The molecule has 2 aromatic rings. The molecule has 1 heterocycles. The van der Waals surface area contributed by atoms with Gasteiger partial charge in [0.2, 0.25) is 0 Å². The first-order valence-electron chi connectivity index (χ1n) is 9.49. The van der Waals surface area contributed by atoms with Gasteiger partial charge in [0.15, 0.2) is 0 Å². The lowest BCUT2D eigenvalue weighted by molar-refractivity contribution is 0.0934. The number of benzene rings is 1. The minimum Gasteiger partial charge on any atom is -0.345 e. The molecular formula is C22H29NOS. The lowest BCUT2D eigenvalue weighted by Crippen LogP contribution is -2.29. The Balaban J connectivity index is 1.75. The van der Waals surface area contributed by atoms with Crippen molar-refractivity contribution >= 4 is 17.2 Å². The van der Waals surface area contributed by atoms with Gasteiger partial charge in [-0.25, -0.2) is 0 Å². The van der Waals surface area contributed by atoms with E-state index < -0.39 is 0 Å². The summed E-state index contributed by atoms with van der Waals surface area (Å²) in [6, 6.07) is 8.76. The topological polar surface area (TPSA) is 29.1 Å². The molecule has 1 aromatic carbocycles. The van der Waals surface area contributed by atoms with Crippen LogP contribution in [0.3, 0.4) is 0 Å². The van der Waals surface area contributed by atoms with E-state index >= 15 is 0 Å². The zero-order chi connectivity index (χ0) is 18.0. The molecule has 0 spiro atoms. The van der Waals surface area contributed by atoms with Gasteiger partial charge in [-0.2, -0.15) is 0 Å². The fraction of sp³-hybridized carbons (Fsp3) is 0.500. The second kappa shape index (κ2) is 7.74. The molecule has 3 heteroatoms. The summed E-state index contributed by atoms with van der Waals surface area (Å²) in [5.74, 6) is 1.36. The molecule has 2 atom stereocenters. The SMILES string of the molecule is CC[C@H](NC(=O)c1csc2c1CC[C@H](C)C2)c1ccc(C(C)C)cc1. The Morgan fingerprint density at radius 2 is 1.92 bits per heavy atom. The first-order chi connectivity index (χ1) is 12.0. The molecule has 0 unspecified atom stereocenters. The number of nitrogens with one attached hydrogen (secondary N) is 1. The molecule has 0 aliphatic heterocycles. The van der Waals surface area contributed by atoms with E-state index in [9.17, 15) is 4.79 Å². The van der Waals surface area contributed by atoms with Gasteiger partial charge in [-0.3, -0.25) is 4.79 Å². The summed E-state index contributed by atoms with van der Waals surface area (Å²) >= 11 is 1.76. The van der Waals surface area contributed by atoms with Crippen LogP contribution in [0.5, 0.6) is 0 Å². The van der Waals surface area contributed by atoms with Crippen LogP contribution in [0.4, 0.5) is 0 Å². The Morgan fingerprint density at radius 3 is 2.56 bits per heavy atom. The third kappa shape index (κ3) is 3.98. The van der Waals surface area contributed by atoms with Gasteiger partial charge in [0.1, 0.15) is 0 Å². The second-order valence-corrected chi connectivity index (χ2v) is 8.62. The average Bonchev–Trinajstić information content (AvgIpc) is 3.02. The number of carbonyl (C=O) groups is 1. The Hall–Kier alpha value is -1.61. The number of thiophene rings is 1. The van der Waals surface area contributed by atoms with Gasteiger partial charge < -0.3 is 5.32 Å². The van der Waals surface area contributed by atoms with E-state index in [1.165, 1.54) is 28.0 Å². The Kier molecular flexibility index (Phi) is 5.63. The van der Waals surface area contributed by atoms with Crippen LogP contribution in [-0.2, 0) is 12.8 Å². The molecule has 3 rings (SSSR count). The van der Waals surface area contributed by atoms with Crippen LogP contribution >= 0.6 is 11.3 Å². The smallest absolute Gasteiger partial charge is 0.252 e. The minimum absolute atomic E-state index is 0.0757. The summed E-state index contributed by atoms with van der Waals surface area (Å²) in [6.07, 6.45) is 4.26. The van der Waals surface area contributed by atoms with Gasteiger partial charge in [0, 0.05) is 10.3 Å². The highest BCUT2D eigenvalue weighted by Gasteiger charge is 2.24. The van der Waals surface area contributed by atoms with Gasteiger partial charge in [-0.05, 0) is 54.2 Å². The molecule has 1 amide bonds. The van der Waals surface area contributed by atoms with Crippen LogP contribution in [0, 0.1) is 5.92 Å². The van der Waals surface area contributed by atoms with Crippen LogP contribution in [0.25, 0.3) is 0 Å². The van der Waals surface area contributed by atoms with Crippen molar-refractivity contribution in [1.29, 1.82) is 0 Å². The van der Waals surface area contributed by atoms with E-state index in [0.29, 0.717) is 5.92 Å². The standard InChI is InChI=1S/C22H29NOS/c1-5-20(17-9-7-16(8-10-17)14(2)3)23-22(24)19-13-25-21-12-15(4)6-11-18(19)21/h7-10,13-15,20H,5-6,11-12H2,1-4H3,(H,23,24)/t15-,20-/m0/s1. The van der Waals surface area contributed by atoms with Crippen LogP contribution < -0.4 is 5.32 Å². The van der Waals surface area contributed by atoms with Crippen LogP contribution in [0.2, 0.25) is 0 Å². The monoisotopic (exact) mass is 355 g/mol. The largest absolute Gasteiger partial charge is 0.345 e. The summed E-state index contributed by atoms with van der Waals surface area (Å²) in [7, 11) is 0. The van der Waals surface area contributed by atoms with Crippen LogP contribution in [0.1, 0.15) is 84.4 Å². The predicted octanol–water partition coefficient (Wildman–Crippen LogP) is 5.88. The highest BCUT2D eigenvalue weighted by molar-refractivity contribution is 7.10. The van der Waals surface area contributed by atoms with Crippen molar-refractivity contribution in [1.82, 2.24) is 5.32 Å². The average molecular weight is 356 g/mol. The Bertz CT molecular complexity index is 729. The first kappa shape index (κ1) is 18.2. The maximum Gasteiger partial charge on any atom is 0.252 e. The molecule has 0 radical (unpaired) electrons. The minimum atomic E-state index is 0.0757. The van der Waals surface area contributed by atoms with Crippen LogP contribution in [-0.4, -0.2) is 5.91 Å². The molecular weight excluding hydrogens is 326 g/mol. The molecule has 0 saturated heterocycles. The maximum absolute atomic E-state index is 12.9. The van der Waals surface area contributed by atoms with E-state index in [-0.39, 0.29) is 11.9 Å². The molecule has 1 aliphatic carbocycles. The molecule has 0 bridgehead atoms. The Labute approximate surface area is 155 Å². The number of hydrogen-bond acceptors (Lipinski definition) is 2. The van der Waals surface area contributed by atoms with Crippen molar-refractivity contribution in [3.63, 3.8) is 0 Å². The normalized spacial score (nSPS) is 18.0. The van der Waals surface area contributed by atoms with Crippen molar-refractivity contribution < 1.29 is 4.79 Å². The van der Waals surface area contributed by atoms with E-state index in [1.54, 1.807) is 11.3 Å². The fourth-order valence-corrected chi connectivity index (χ4v) is 4.88. The van der Waals surface area contributed by atoms with Crippen LogP contribution in [0.15, 0.2) is 29.6 Å². The number of rotatable bonds is 5. The van der Waals surface area contributed by atoms with E-state index in [0.717, 1.165) is 30.7 Å². The van der Waals surface area contributed by atoms with E-state index in [2.05, 4.69) is 62.7 Å². The summed E-state index contributed by atoms with van der Waals surface area (Å²) < 4.78 is 0. The maximum atomic E-state index is 12.9. The van der Waals surface area contributed by atoms with Gasteiger partial charge in [0.05, 0.1) is 11.6 Å². The third-order valence-corrected chi connectivity index (χ3v) is 6.42. The summed E-state index contributed by atoms with van der Waals surface area (Å²) in [4.78, 5) is 14.3. The summed E-state index contributed by atoms with van der Waals surface area (Å²) in [5, 5.41) is 5.33. The zero-order valence-electron chi connectivity index (χ0n) is 15.8. The quantitative estimate of drug-likeness (QED) is 0.713. The molecule has 1 aliphatic rings. The van der Waals surface area contributed by atoms with Gasteiger partial charge >= 0.3 is 0 Å². The van der Waals surface area contributed by atoms with E-state index in [4.69, 9.17) is 0 Å². The van der Waals surface area contributed by atoms with Crippen molar-refractivity contribution in [3.05, 3.63) is 56.8 Å². The zero-order valence-corrected chi connectivity index (χ0v) is 16.6. The number of hydrogen-bond donors (Lipinski definition) is 1. The molecule has 0 fully saturated rings. The van der Waals surface area contributed by atoms with Crippen molar-refractivity contribution in [3.8, 4) is 0 Å². The molecule has 1 N–H and O–H groups in total. The lowest BCUT2D eigenvalue weighted by atomic mass is 9.88. The highest BCUT2D eigenvalue weighted by Crippen LogP contribution is 2.33. The van der Waals surface area contributed by atoms with Gasteiger partial charge in [0.25, 0.3) is 5.91 Å². The van der Waals surface area contributed by atoms with Crippen molar-refractivity contribution in [2.75, 3.05) is 0 Å². The van der Waals surface area contributed by atoms with Crippen molar-refractivity contribution in [2.24, 2.45) is 5.92 Å². The summed E-state index contributed by atoms with van der Waals surface area (Å²) in [5.41, 5.74) is 4.73. The fourth-order valence-electron chi connectivity index (χ4n) is 3.64. The Morgan fingerprint density at radius 1 is 1.24 bits per heavy atom. The third-order valence-electron chi connectivity index (χ3n) is 5.37. The molecule has 1 aromatic heterocycles. The second-order valence-electron chi connectivity index (χ2n) is 7.65. The molecule has 25 heavy (non-hydrogen) atoms. The number of amides is 1. The highest BCUT2D eigenvalue weighted by atomic mass is 32.1. The van der Waals surface area contributed by atoms with Gasteiger partial charge in [-0.15, -0.1) is 11.3 Å². The number of carbonyl (C=O) groups excluding carboxylic acids is 1. The van der Waals surface area contributed by atoms with Crippen molar-refractivity contribution in [2.45, 2.75) is 65.3 Å². The number of fused-ring (bicyclic) bond motifs is 1. The molecule has 0 saturated carbocycles. The lowest BCUT2D eigenvalue weighted by Gasteiger charge is -2.21. The molecule has 134 valence electrons. The summed E-state index contributed by atoms with van der Waals surface area (Å²) in [6.45, 7) is 8.84. The predicted molar refractivity (Wildman–Crippen MR) is 107 cm³/mol. The van der Waals surface area contributed by atoms with Gasteiger partial charge in [-0.1, -0.05) is 52.0 Å². The molecule has 2 nitrogen and oxygen atoms in total.